The van der Waals surface area contributed by atoms with E-state index in [0.29, 0.717) is 39.8 Å². The van der Waals surface area contributed by atoms with Crippen molar-refractivity contribution < 1.29 is 13.3 Å². The molecule has 4 aromatic heterocycles. The third kappa shape index (κ3) is 4.81. The van der Waals surface area contributed by atoms with E-state index in [2.05, 4.69) is 22.0 Å². The maximum Gasteiger partial charge on any atom is 0.439 e. The van der Waals surface area contributed by atoms with Gasteiger partial charge in [0, 0.05) is 30.1 Å². The molecule has 0 amide bonds. The number of imidazole rings is 1. The zero-order valence-corrected chi connectivity index (χ0v) is 22.8. The Hall–Kier alpha value is -3.92. The van der Waals surface area contributed by atoms with Gasteiger partial charge in [-0.3, -0.25) is 14.5 Å². The molecule has 40 heavy (non-hydrogen) atoms. The SMILES string of the molecule is C[C@@](F)(c1ccccc1F)c1nc2cc(-c3noc(=O)[nH]3)nc(-c3cncc(Cl)c3)c2n1C[C@H]1CC[C@H](C)CC1. The molecule has 4 heterocycles. The quantitative estimate of drug-likeness (QED) is 0.246. The highest BCUT2D eigenvalue weighted by atomic mass is 35.5. The summed E-state index contributed by atoms with van der Waals surface area (Å²) in [5.41, 5.74) is -0.138. The standard InChI is InChI=1S/C29H27ClF2N6O2/c1-16-7-9-17(10-8-16)15-38-25-22(35-27(38)29(2,32)20-5-3-4-6-21(20)31)12-23(26-36-28(39)40-37-26)34-24(25)18-11-19(30)14-33-13-18/h3-6,11-14,16-17H,7-10,15H2,1-2H3,(H,36,37,39)/t16-,17-,29-/m1/s1. The van der Waals surface area contributed by atoms with Crippen LogP contribution < -0.4 is 5.76 Å². The second-order valence-electron chi connectivity index (χ2n) is 10.7. The van der Waals surface area contributed by atoms with Gasteiger partial charge in [-0.15, -0.1) is 0 Å². The van der Waals surface area contributed by atoms with E-state index in [1.165, 1.54) is 31.3 Å². The second kappa shape index (κ2) is 10.2. The first-order valence-corrected chi connectivity index (χ1v) is 13.6. The fraction of sp³-hybridized carbons (Fsp3) is 0.345. The lowest BCUT2D eigenvalue weighted by molar-refractivity contribution is 0.209. The largest absolute Gasteiger partial charge is 0.439 e. The molecule has 0 spiro atoms. The third-order valence-electron chi connectivity index (χ3n) is 7.76. The molecule has 1 fully saturated rings. The summed E-state index contributed by atoms with van der Waals surface area (Å²) in [4.78, 5) is 28.0. The number of hydrogen-bond acceptors (Lipinski definition) is 6. The third-order valence-corrected chi connectivity index (χ3v) is 7.97. The van der Waals surface area contributed by atoms with Crippen molar-refractivity contribution in [1.29, 1.82) is 0 Å². The van der Waals surface area contributed by atoms with Crippen LogP contribution in [0.5, 0.6) is 0 Å². The minimum atomic E-state index is -2.27. The van der Waals surface area contributed by atoms with Crippen molar-refractivity contribution in [3.05, 3.63) is 81.6 Å². The molecule has 1 aliphatic carbocycles. The van der Waals surface area contributed by atoms with Crippen LogP contribution in [0.1, 0.15) is 50.9 Å². The van der Waals surface area contributed by atoms with Gasteiger partial charge in [-0.1, -0.05) is 54.7 Å². The molecule has 6 rings (SSSR count). The molecular weight excluding hydrogens is 538 g/mol. The molecule has 1 saturated carbocycles. The van der Waals surface area contributed by atoms with Crippen molar-refractivity contribution in [3.63, 3.8) is 0 Å². The summed E-state index contributed by atoms with van der Waals surface area (Å²) in [6.45, 7) is 4.06. The number of pyridine rings is 2. The Kier molecular flexibility index (Phi) is 6.74. The van der Waals surface area contributed by atoms with E-state index in [-0.39, 0.29) is 28.8 Å². The van der Waals surface area contributed by atoms with Gasteiger partial charge in [-0.05, 0) is 49.8 Å². The van der Waals surface area contributed by atoms with Gasteiger partial charge in [0.25, 0.3) is 0 Å². The molecule has 0 saturated heterocycles. The minimum Gasteiger partial charge on any atom is -0.323 e. The number of benzene rings is 1. The van der Waals surface area contributed by atoms with Crippen molar-refractivity contribution >= 4 is 22.6 Å². The Morgan fingerprint density at radius 3 is 2.62 bits per heavy atom. The van der Waals surface area contributed by atoms with Crippen molar-refractivity contribution in [2.45, 2.75) is 51.7 Å². The highest BCUT2D eigenvalue weighted by Crippen LogP contribution is 2.41. The van der Waals surface area contributed by atoms with Gasteiger partial charge in [0.1, 0.15) is 11.5 Å². The van der Waals surface area contributed by atoms with Crippen molar-refractivity contribution in [3.8, 4) is 22.8 Å². The van der Waals surface area contributed by atoms with Crippen LogP contribution in [0.15, 0.2) is 58.1 Å². The predicted octanol–water partition coefficient (Wildman–Crippen LogP) is 6.69. The number of hydrogen-bond donors (Lipinski definition) is 1. The number of aromatic nitrogens is 6. The number of nitrogens with one attached hydrogen (secondary N) is 1. The number of halogens is 3. The molecule has 1 N–H and O–H groups in total. The summed E-state index contributed by atoms with van der Waals surface area (Å²) in [6.07, 6.45) is 7.25. The van der Waals surface area contributed by atoms with E-state index in [4.69, 9.17) is 26.1 Å². The van der Waals surface area contributed by atoms with E-state index in [1.807, 2.05) is 4.57 Å². The molecule has 8 nitrogen and oxygen atoms in total. The van der Waals surface area contributed by atoms with Gasteiger partial charge in [-0.25, -0.2) is 23.5 Å². The van der Waals surface area contributed by atoms with Gasteiger partial charge in [0.05, 0.1) is 21.7 Å². The monoisotopic (exact) mass is 564 g/mol. The van der Waals surface area contributed by atoms with Crippen LogP contribution in [0.2, 0.25) is 5.02 Å². The van der Waals surface area contributed by atoms with Crippen LogP contribution in [-0.2, 0) is 12.2 Å². The van der Waals surface area contributed by atoms with Gasteiger partial charge in [0.2, 0.25) is 5.82 Å². The van der Waals surface area contributed by atoms with Crippen molar-refractivity contribution in [1.82, 2.24) is 29.7 Å². The fourth-order valence-corrected chi connectivity index (χ4v) is 5.80. The molecular formula is C29H27ClF2N6O2. The van der Waals surface area contributed by atoms with Gasteiger partial charge in [0.15, 0.2) is 11.5 Å². The van der Waals surface area contributed by atoms with E-state index in [9.17, 15) is 9.18 Å². The Morgan fingerprint density at radius 1 is 1.15 bits per heavy atom. The number of rotatable bonds is 6. The molecule has 5 aromatic rings. The first kappa shape index (κ1) is 26.3. The maximum atomic E-state index is 16.9. The molecule has 1 aliphatic rings. The first-order valence-electron chi connectivity index (χ1n) is 13.2. The topological polar surface area (TPSA) is 102 Å². The maximum absolute atomic E-state index is 16.9. The molecule has 0 aliphatic heterocycles. The lowest BCUT2D eigenvalue weighted by Crippen LogP contribution is -2.27. The average molecular weight is 565 g/mol. The summed E-state index contributed by atoms with van der Waals surface area (Å²) in [5, 5.41) is 4.17. The van der Waals surface area contributed by atoms with Crippen LogP contribution in [0.4, 0.5) is 8.78 Å². The fourth-order valence-electron chi connectivity index (χ4n) is 5.63. The molecule has 206 valence electrons. The summed E-state index contributed by atoms with van der Waals surface area (Å²) >= 11 is 6.30. The van der Waals surface area contributed by atoms with Crippen molar-refractivity contribution in [2.75, 3.05) is 0 Å². The molecule has 1 atom stereocenters. The molecule has 0 radical (unpaired) electrons. The van der Waals surface area contributed by atoms with Crippen LogP contribution in [0.3, 0.4) is 0 Å². The Balaban J connectivity index is 1.64. The molecule has 11 heteroatoms. The van der Waals surface area contributed by atoms with Gasteiger partial charge in [-0.2, -0.15) is 0 Å². The highest BCUT2D eigenvalue weighted by Gasteiger charge is 2.38. The summed E-state index contributed by atoms with van der Waals surface area (Å²) in [5.74, 6) is -0.317. The molecule has 1 aromatic carbocycles. The molecule has 0 unspecified atom stereocenters. The Bertz CT molecular complexity index is 1750. The number of nitrogens with zero attached hydrogens (tertiary/aromatic N) is 5. The predicted molar refractivity (Wildman–Crippen MR) is 147 cm³/mol. The van der Waals surface area contributed by atoms with Gasteiger partial charge < -0.3 is 4.57 Å². The summed E-state index contributed by atoms with van der Waals surface area (Å²) in [6, 6.07) is 9.14. The second-order valence-corrected chi connectivity index (χ2v) is 11.2. The minimum absolute atomic E-state index is 0.0649. The Labute approximate surface area is 233 Å². The normalized spacial score (nSPS) is 19.1. The lowest BCUT2D eigenvalue weighted by atomic mass is 9.83. The van der Waals surface area contributed by atoms with Crippen LogP contribution in [0, 0.1) is 17.7 Å². The zero-order chi connectivity index (χ0) is 28.0. The average Bonchev–Trinajstić information content (AvgIpc) is 3.53. The number of aromatic amines is 1. The van der Waals surface area contributed by atoms with E-state index in [1.54, 1.807) is 24.4 Å². The van der Waals surface area contributed by atoms with Crippen molar-refractivity contribution in [2.24, 2.45) is 11.8 Å². The first-order chi connectivity index (χ1) is 19.2. The lowest BCUT2D eigenvalue weighted by Gasteiger charge is -2.29. The van der Waals surface area contributed by atoms with E-state index >= 15 is 4.39 Å². The number of H-pyrrole nitrogens is 1. The smallest absolute Gasteiger partial charge is 0.323 e. The van der Waals surface area contributed by atoms with Crippen LogP contribution in [-0.4, -0.2) is 29.7 Å². The zero-order valence-electron chi connectivity index (χ0n) is 22.0. The molecule has 0 bridgehead atoms. The Morgan fingerprint density at radius 2 is 1.93 bits per heavy atom. The summed E-state index contributed by atoms with van der Waals surface area (Å²) in [7, 11) is 0. The highest BCUT2D eigenvalue weighted by molar-refractivity contribution is 6.30. The van der Waals surface area contributed by atoms with Crippen LogP contribution >= 0.6 is 11.6 Å². The van der Waals surface area contributed by atoms with Gasteiger partial charge >= 0.3 is 5.76 Å². The van der Waals surface area contributed by atoms with Crippen LogP contribution in [0.25, 0.3) is 33.8 Å². The summed E-state index contributed by atoms with van der Waals surface area (Å²) < 4.78 is 38.4. The van der Waals surface area contributed by atoms with E-state index in [0.717, 1.165) is 25.7 Å². The van der Waals surface area contributed by atoms with E-state index < -0.39 is 17.2 Å². The number of alkyl halides is 1. The number of fused-ring (bicyclic) bond motifs is 1.